The number of nitrogens with zero attached hydrogens (tertiary/aromatic N) is 2. The highest BCUT2D eigenvalue weighted by Crippen LogP contribution is 2.17. The lowest BCUT2D eigenvalue weighted by molar-refractivity contribution is 1.01. The number of rotatable bonds is 3. The molecule has 0 spiro atoms. The minimum Gasteiger partial charge on any atom is -0.378 e. The lowest BCUT2D eigenvalue weighted by Crippen LogP contribution is -2.13. The Balaban J connectivity index is 2.79. The predicted molar refractivity (Wildman–Crippen MR) is 59.5 cm³/mol. The molecule has 74 valence electrons. The number of hydrogen-bond acceptors (Lipinski definition) is 3. The second-order valence-electron chi connectivity index (χ2n) is 3.44. The third kappa shape index (κ3) is 2.67. The monoisotopic (exact) mass is 189 g/mol. The Kier molecular flexibility index (Phi) is 3.35. The van der Waals surface area contributed by atoms with Gasteiger partial charge in [-0.15, -0.1) is 0 Å². The molecule has 0 saturated carbocycles. The number of nitrogens with one attached hydrogen (secondary N) is 1. The first-order valence-corrected chi connectivity index (χ1v) is 4.57. The van der Waals surface area contributed by atoms with Gasteiger partial charge in [-0.2, -0.15) is 5.26 Å². The number of nitriles is 1. The maximum Gasteiger partial charge on any atom is 0.111 e. The molecule has 1 N–H and O–H groups in total. The lowest BCUT2D eigenvalue weighted by Gasteiger charge is -2.15. The fraction of sp³-hybridized carbons (Fsp3) is 0.364. The molecule has 0 saturated heterocycles. The molecule has 0 fully saturated rings. The van der Waals surface area contributed by atoms with Gasteiger partial charge in [0.25, 0.3) is 0 Å². The van der Waals surface area contributed by atoms with Crippen molar-refractivity contribution in [2.45, 2.75) is 13.0 Å². The van der Waals surface area contributed by atoms with Crippen molar-refractivity contribution < 1.29 is 0 Å². The molecule has 0 heterocycles. The van der Waals surface area contributed by atoms with E-state index in [1.54, 1.807) is 0 Å². The summed E-state index contributed by atoms with van der Waals surface area (Å²) < 4.78 is 0. The minimum absolute atomic E-state index is 0.160. The smallest absolute Gasteiger partial charge is 0.111 e. The van der Waals surface area contributed by atoms with Gasteiger partial charge >= 0.3 is 0 Å². The molecule has 0 amide bonds. The van der Waals surface area contributed by atoms with Gasteiger partial charge in [-0.3, -0.25) is 0 Å². The summed E-state index contributed by atoms with van der Waals surface area (Å²) in [5, 5.41) is 11.8. The van der Waals surface area contributed by atoms with E-state index in [4.69, 9.17) is 5.26 Å². The quantitative estimate of drug-likeness (QED) is 0.791. The maximum absolute atomic E-state index is 8.65. The Morgan fingerprint density at radius 3 is 2.71 bits per heavy atom. The van der Waals surface area contributed by atoms with Crippen molar-refractivity contribution in [2.75, 3.05) is 24.3 Å². The van der Waals surface area contributed by atoms with Crippen LogP contribution in [0, 0.1) is 11.3 Å². The Morgan fingerprint density at radius 2 is 2.14 bits per heavy atom. The molecule has 3 heteroatoms. The fourth-order valence-electron chi connectivity index (χ4n) is 1.16. The lowest BCUT2D eigenvalue weighted by atomic mass is 10.2. The fourth-order valence-corrected chi connectivity index (χ4v) is 1.16. The van der Waals surface area contributed by atoms with E-state index in [0.29, 0.717) is 0 Å². The summed E-state index contributed by atoms with van der Waals surface area (Å²) in [7, 11) is 3.99. The molecule has 1 unspecified atom stereocenters. The Labute approximate surface area is 85.0 Å². The third-order valence-corrected chi connectivity index (χ3v) is 1.94. The van der Waals surface area contributed by atoms with Gasteiger partial charge in [0.1, 0.15) is 6.04 Å². The van der Waals surface area contributed by atoms with Crippen molar-refractivity contribution in [3.05, 3.63) is 24.3 Å². The minimum atomic E-state index is -0.160. The van der Waals surface area contributed by atoms with Gasteiger partial charge in [-0.05, 0) is 25.1 Å². The normalized spacial score (nSPS) is 11.6. The highest BCUT2D eigenvalue weighted by atomic mass is 15.1. The zero-order chi connectivity index (χ0) is 10.6. The topological polar surface area (TPSA) is 39.1 Å². The first kappa shape index (κ1) is 10.4. The van der Waals surface area contributed by atoms with Crippen molar-refractivity contribution >= 4 is 11.4 Å². The van der Waals surface area contributed by atoms with Crippen LogP contribution >= 0.6 is 0 Å². The van der Waals surface area contributed by atoms with E-state index in [9.17, 15) is 0 Å². The average Bonchev–Trinajstić information content (AvgIpc) is 2.18. The van der Waals surface area contributed by atoms with E-state index in [-0.39, 0.29) is 6.04 Å². The van der Waals surface area contributed by atoms with Crippen LogP contribution < -0.4 is 10.2 Å². The number of hydrogen-bond donors (Lipinski definition) is 1. The number of anilines is 2. The van der Waals surface area contributed by atoms with Gasteiger partial charge in [0, 0.05) is 25.5 Å². The summed E-state index contributed by atoms with van der Waals surface area (Å²) in [5.74, 6) is 0. The molecule has 1 aromatic rings. The summed E-state index contributed by atoms with van der Waals surface area (Å²) in [6, 6.07) is 9.96. The summed E-state index contributed by atoms with van der Waals surface area (Å²) in [6.45, 7) is 1.84. The van der Waals surface area contributed by atoms with Crippen LogP contribution in [0.5, 0.6) is 0 Å². The van der Waals surface area contributed by atoms with E-state index < -0.39 is 0 Å². The molecular formula is C11H15N3. The second-order valence-corrected chi connectivity index (χ2v) is 3.44. The first-order valence-electron chi connectivity index (χ1n) is 4.57. The SMILES string of the molecule is CC(C#N)Nc1cccc(N(C)C)c1. The average molecular weight is 189 g/mol. The van der Waals surface area contributed by atoms with Crippen molar-refractivity contribution in [2.24, 2.45) is 0 Å². The second kappa shape index (κ2) is 4.52. The number of benzene rings is 1. The van der Waals surface area contributed by atoms with Crippen LogP contribution in [0.15, 0.2) is 24.3 Å². The van der Waals surface area contributed by atoms with Crippen LogP contribution in [-0.2, 0) is 0 Å². The Morgan fingerprint density at radius 1 is 1.43 bits per heavy atom. The van der Waals surface area contributed by atoms with Crippen LogP contribution in [-0.4, -0.2) is 20.1 Å². The summed E-state index contributed by atoms with van der Waals surface area (Å²) in [6.07, 6.45) is 0. The summed E-state index contributed by atoms with van der Waals surface area (Å²) in [4.78, 5) is 2.03. The van der Waals surface area contributed by atoms with Crippen molar-refractivity contribution in [1.29, 1.82) is 5.26 Å². The predicted octanol–water partition coefficient (Wildman–Crippen LogP) is 2.08. The molecule has 0 aliphatic heterocycles. The largest absolute Gasteiger partial charge is 0.378 e. The summed E-state index contributed by atoms with van der Waals surface area (Å²) in [5.41, 5.74) is 2.10. The van der Waals surface area contributed by atoms with Crippen LogP contribution in [0.1, 0.15) is 6.92 Å². The van der Waals surface area contributed by atoms with Gasteiger partial charge in [-0.1, -0.05) is 6.07 Å². The van der Waals surface area contributed by atoms with Crippen molar-refractivity contribution in [1.82, 2.24) is 0 Å². The van der Waals surface area contributed by atoms with Crippen LogP contribution in [0.4, 0.5) is 11.4 Å². The molecule has 1 atom stereocenters. The van der Waals surface area contributed by atoms with E-state index in [1.165, 1.54) is 0 Å². The van der Waals surface area contributed by atoms with Crippen molar-refractivity contribution in [3.63, 3.8) is 0 Å². The van der Waals surface area contributed by atoms with Crippen LogP contribution in [0.2, 0.25) is 0 Å². The molecule has 0 aliphatic rings. The van der Waals surface area contributed by atoms with E-state index in [2.05, 4.69) is 11.4 Å². The maximum atomic E-state index is 8.65. The van der Waals surface area contributed by atoms with E-state index in [0.717, 1.165) is 11.4 Å². The van der Waals surface area contributed by atoms with E-state index in [1.807, 2.05) is 50.2 Å². The third-order valence-electron chi connectivity index (χ3n) is 1.94. The van der Waals surface area contributed by atoms with Gasteiger partial charge in [0.2, 0.25) is 0 Å². The Hall–Kier alpha value is -1.69. The van der Waals surface area contributed by atoms with Gasteiger partial charge < -0.3 is 10.2 Å². The molecule has 3 nitrogen and oxygen atoms in total. The highest BCUT2D eigenvalue weighted by Gasteiger charge is 2.00. The molecule has 14 heavy (non-hydrogen) atoms. The molecule has 0 aliphatic carbocycles. The zero-order valence-corrected chi connectivity index (χ0v) is 8.78. The highest BCUT2D eigenvalue weighted by molar-refractivity contribution is 5.58. The molecule has 0 aromatic heterocycles. The first-order chi connectivity index (χ1) is 6.63. The van der Waals surface area contributed by atoms with E-state index >= 15 is 0 Å². The van der Waals surface area contributed by atoms with Crippen molar-refractivity contribution in [3.8, 4) is 6.07 Å². The van der Waals surface area contributed by atoms with Gasteiger partial charge in [-0.25, -0.2) is 0 Å². The molecular weight excluding hydrogens is 174 g/mol. The van der Waals surface area contributed by atoms with Gasteiger partial charge in [0.05, 0.1) is 6.07 Å². The zero-order valence-electron chi connectivity index (χ0n) is 8.78. The Bertz CT molecular complexity index is 339. The standard InChI is InChI=1S/C11H15N3/c1-9(8-12)13-10-5-4-6-11(7-10)14(2)3/h4-7,9,13H,1-3H3. The molecule has 0 radical (unpaired) electrons. The van der Waals surface area contributed by atoms with Crippen LogP contribution in [0.25, 0.3) is 0 Å². The summed E-state index contributed by atoms with van der Waals surface area (Å²) >= 11 is 0. The molecule has 1 rings (SSSR count). The molecule has 1 aromatic carbocycles. The van der Waals surface area contributed by atoms with Crippen LogP contribution in [0.3, 0.4) is 0 Å². The molecule has 0 bridgehead atoms. The van der Waals surface area contributed by atoms with Gasteiger partial charge in [0.15, 0.2) is 0 Å².